The van der Waals surface area contributed by atoms with Crippen LogP contribution in [0.5, 0.6) is 0 Å². The Morgan fingerprint density at radius 1 is 1.40 bits per heavy atom. The standard InChI is InChI=1S/C11H13F2NO5S/c12-10(13)7-19-5-4-14-20(17,18)9-3-1-2-8(6-9)11(15)16/h1-3,6,10,14H,4-5,7H2,(H,15,16). The minimum Gasteiger partial charge on any atom is -0.478 e. The molecule has 0 radical (unpaired) electrons. The summed E-state index contributed by atoms with van der Waals surface area (Å²) >= 11 is 0. The predicted octanol–water partition coefficient (Wildman–Crippen LogP) is 0.945. The Kier molecular flexibility index (Phi) is 5.99. The molecule has 0 amide bonds. The summed E-state index contributed by atoms with van der Waals surface area (Å²) in [6, 6.07) is 4.79. The van der Waals surface area contributed by atoms with E-state index in [9.17, 15) is 22.0 Å². The molecule has 1 aromatic rings. The zero-order chi connectivity index (χ0) is 15.2. The van der Waals surface area contributed by atoms with Crippen LogP contribution in [0, 0.1) is 0 Å². The van der Waals surface area contributed by atoms with Crippen LogP contribution in [-0.2, 0) is 14.8 Å². The lowest BCUT2D eigenvalue weighted by Crippen LogP contribution is -2.28. The molecule has 0 aromatic heterocycles. The number of alkyl halides is 2. The molecule has 2 N–H and O–H groups in total. The van der Waals surface area contributed by atoms with Crippen molar-refractivity contribution in [2.24, 2.45) is 0 Å². The quantitative estimate of drug-likeness (QED) is 0.697. The van der Waals surface area contributed by atoms with Crippen molar-refractivity contribution < 1.29 is 31.8 Å². The number of hydrogen-bond donors (Lipinski definition) is 2. The molecule has 0 bridgehead atoms. The monoisotopic (exact) mass is 309 g/mol. The average Bonchev–Trinajstić information content (AvgIpc) is 2.38. The number of rotatable bonds is 8. The van der Waals surface area contributed by atoms with Gasteiger partial charge in [-0.25, -0.2) is 26.7 Å². The first-order valence-electron chi connectivity index (χ1n) is 5.52. The van der Waals surface area contributed by atoms with Crippen LogP contribution in [0.1, 0.15) is 10.4 Å². The molecule has 1 aromatic carbocycles. The third-order valence-electron chi connectivity index (χ3n) is 2.17. The van der Waals surface area contributed by atoms with Gasteiger partial charge in [-0.3, -0.25) is 0 Å². The van der Waals surface area contributed by atoms with Crippen LogP contribution in [-0.4, -0.2) is 45.7 Å². The Labute approximate surface area is 114 Å². The number of halogens is 2. The molecule has 20 heavy (non-hydrogen) atoms. The Bertz CT molecular complexity index is 562. The fourth-order valence-corrected chi connectivity index (χ4v) is 2.36. The molecule has 0 spiro atoms. The van der Waals surface area contributed by atoms with E-state index in [-0.39, 0.29) is 23.6 Å². The smallest absolute Gasteiger partial charge is 0.335 e. The van der Waals surface area contributed by atoms with Crippen molar-refractivity contribution in [1.82, 2.24) is 4.72 Å². The first kappa shape index (κ1) is 16.5. The molecule has 0 saturated carbocycles. The average molecular weight is 309 g/mol. The fourth-order valence-electron chi connectivity index (χ4n) is 1.30. The van der Waals surface area contributed by atoms with E-state index in [1.165, 1.54) is 18.2 Å². The minimum absolute atomic E-state index is 0.165. The van der Waals surface area contributed by atoms with Gasteiger partial charge >= 0.3 is 5.97 Å². The summed E-state index contributed by atoms with van der Waals surface area (Å²) in [5.74, 6) is -1.25. The Balaban J connectivity index is 2.60. The largest absolute Gasteiger partial charge is 0.478 e. The first-order chi connectivity index (χ1) is 9.33. The minimum atomic E-state index is -3.90. The molecule has 112 valence electrons. The number of carboxylic acids is 1. The van der Waals surface area contributed by atoms with Crippen molar-refractivity contribution in [3.05, 3.63) is 29.8 Å². The molecule has 0 saturated heterocycles. The van der Waals surface area contributed by atoms with E-state index in [0.717, 1.165) is 6.07 Å². The molecule has 9 heteroatoms. The second kappa shape index (κ2) is 7.27. The SMILES string of the molecule is O=C(O)c1cccc(S(=O)(=O)NCCOCC(F)F)c1. The van der Waals surface area contributed by atoms with Gasteiger partial charge in [-0.15, -0.1) is 0 Å². The highest BCUT2D eigenvalue weighted by Crippen LogP contribution is 2.11. The molecule has 0 heterocycles. The third-order valence-corrected chi connectivity index (χ3v) is 3.63. The predicted molar refractivity (Wildman–Crippen MR) is 65.4 cm³/mol. The van der Waals surface area contributed by atoms with E-state index in [1.807, 2.05) is 0 Å². The van der Waals surface area contributed by atoms with Gasteiger partial charge in [-0.2, -0.15) is 0 Å². The molecular formula is C11H13F2NO5S. The van der Waals surface area contributed by atoms with Gasteiger partial charge in [0.05, 0.1) is 17.1 Å². The lowest BCUT2D eigenvalue weighted by atomic mass is 10.2. The van der Waals surface area contributed by atoms with Gasteiger partial charge in [-0.05, 0) is 18.2 Å². The molecule has 6 nitrogen and oxygen atoms in total. The topological polar surface area (TPSA) is 92.7 Å². The van der Waals surface area contributed by atoms with Gasteiger partial charge < -0.3 is 9.84 Å². The number of ether oxygens (including phenoxy) is 1. The van der Waals surface area contributed by atoms with E-state index in [1.54, 1.807) is 0 Å². The molecule has 0 unspecified atom stereocenters. The van der Waals surface area contributed by atoms with Crippen LogP contribution in [0.2, 0.25) is 0 Å². The molecule has 0 aliphatic heterocycles. The summed E-state index contributed by atoms with van der Waals surface area (Å²) in [5, 5.41) is 8.77. The maximum Gasteiger partial charge on any atom is 0.335 e. The van der Waals surface area contributed by atoms with E-state index in [0.29, 0.717) is 0 Å². The summed E-state index contributed by atoms with van der Waals surface area (Å²) in [5.41, 5.74) is -0.165. The van der Waals surface area contributed by atoms with Crippen LogP contribution in [0.25, 0.3) is 0 Å². The number of carboxylic acid groups (broad SMARTS) is 1. The second-order valence-electron chi connectivity index (χ2n) is 3.70. The summed E-state index contributed by atoms with van der Waals surface area (Å²) in [7, 11) is -3.90. The van der Waals surface area contributed by atoms with Crippen molar-refractivity contribution in [1.29, 1.82) is 0 Å². The van der Waals surface area contributed by atoms with Crippen molar-refractivity contribution in [2.75, 3.05) is 19.8 Å². The molecule has 0 atom stereocenters. The lowest BCUT2D eigenvalue weighted by Gasteiger charge is -2.08. The molecule has 1 rings (SSSR count). The van der Waals surface area contributed by atoms with Crippen LogP contribution >= 0.6 is 0 Å². The number of sulfonamides is 1. The van der Waals surface area contributed by atoms with Gasteiger partial charge in [0.1, 0.15) is 6.61 Å². The summed E-state index contributed by atoms with van der Waals surface area (Å²) in [6.45, 7) is -1.16. The van der Waals surface area contributed by atoms with Crippen molar-refractivity contribution in [3.8, 4) is 0 Å². The molecular weight excluding hydrogens is 296 g/mol. The molecule has 0 aliphatic carbocycles. The Morgan fingerprint density at radius 3 is 2.70 bits per heavy atom. The zero-order valence-electron chi connectivity index (χ0n) is 10.3. The van der Waals surface area contributed by atoms with E-state index >= 15 is 0 Å². The first-order valence-corrected chi connectivity index (χ1v) is 7.00. The highest BCUT2D eigenvalue weighted by Gasteiger charge is 2.15. The summed E-state index contributed by atoms with van der Waals surface area (Å²) in [6.07, 6.45) is -2.61. The number of aromatic carboxylic acids is 1. The van der Waals surface area contributed by atoms with Gasteiger partial charge in [-0.1, -0.05) is 6.07 Å². The van der Waals surface area contributed by atoms with E-state index in [2.05, 4.69) is 9.46 Å². The highest BCUT2D eigenvalue weighted by molar-refractivity contribution is 7.89. The van der Waals surface area contributed by atoms with Crippen LogP contribution < -0.4 is 4.72 Å². The summed E-state index contributed by atoms with van der Waals surface area (Å²) < 4.78 is 53.8. The van der Waals surface area contributed by atoms with Crippen molar-refractivity contribution in [2.45, 2.75) is 11.3 Å². The molecule has 0 fully saturated rings. The van der Waals surface area contributed by atoms with Crippen molar-refractivity contribution in [3.63, 3.8) is 0 Å². The van der Waals surface area contributed by atoms with Crippen LogP contribution in [0.15, 0.2) is 29.2 Å². The van der Waals surface area contributed by atoms with Gasteiger partial charge in [0.2, 0.25) is 10.0 Å². The second-order valence-corrected chi connectivity index (χ2v) is 5.46. The normalized spacial score (nSPS) is 11.8. The lowest BCUT2D eigenvalue weighted by molar-refractivity contribution is 0.0199. The van der Waals surface area contributed by atoms with Crippen LogP contribution in [0.3, 0.4) is 0 Å². The zero-order valence-corrected chi connectivity index (χ0v) is 11.1. The maximum atomic E-state index is 11.8. The Hall–Kier alpha value is -1.58. The number of benzene rings is 1. The number of nitrogens with one attached hydrogen (secondary N) is 1. The van der Waals surface area contributed by atoms with Gasteiger partial charge in [0.25, 0.3) is 6.43 Å². The van der Waals surface area contributed by atoms with Gasteiger partial charge in [0.15, 0.2) is 0 Å². The number of carbonyl (C=O) groups is 1. The van der Waals surface area contributed by atoms with Crippen LogP contribution in [0.4, 0.5) is 8.78 Å². The third kappa shape index (κ3) is 5.19. The van der Waals surface area contributed by atoms with Gasteiger partial charge in [0, 0.05) is 6.54 Å². The Morgan fingerprint density at radius 2 is 2.10 bits per heavy atom. The molecule has 0 aliphatic rings. The van der Waals surface area contributed by atoms with E-state index in [4.69, 9.17) is 5.11 Å². The van der Waals surface area contributed by atoms with Crippen molar-refractivity contribution >= 4 is 16.0 Å². The number of hydrogen-bond acceptors (Lipinski definition) is 4. The van der Waals surface area contributed by atoms with E-state index < -0.39 is 29.0 Å². The fraction of sp³-hybridized carbons (Fsp3) is 0.364. The highest BCUT2D eigenvalue weighted by atomic mass is 32.2. The maximum absolute atomic E-state index is 11.8. The summed E-state index contributed by atoms with van der Waals surface area (Å²) in [4.78, 5) is 10.5.